The highest BCUT2D eigenvalue weighted by molar-refractivity contribution is 6.06. The minimum atomic E-state index is -0.708. The van der Waals surface area contributed by atoms with Crippen LogP contribution in [0.15, 0.2) is 54.0 Å². The summed E-state index contributed by atoms with van der Waals surface area (Å²) in [5.74, 6) is 0.758. The van der Waals surface area contributed by atoms with Gasteiger partial charge in [-0.3, -0.25) is 9.78 Å². The first-order valence-corrected chi connectivity index (χ1v) is 8.25. The van der Waals surface area contributed by atoms with Crippen molar-refractivity contribution < 1.29 is 19.1 Å². The zero-order chi connectivity index (χ0) is 19.4. The van der Waals surface area contributed by atoms with Gasteiger partial charge in [0.2, 0.25) is 0 Å². The number of methoxy groups -OCH3 is 2. The summed E-state index contributed by atoms with van der Waals surface area (Å²) >= 11 is 0. The maximum atomic E-state index is 13.0. The molecule has 140 valence electrons. The summed E-state index contributed by atoms with van der Waals surface area (Å²) in [6, 6.07) is 7.56. The Morgan fingerprint density at radius 2 is 2.04 bits per heavy atom. The summed E-state index contributed by atoms with van der Waals surface area (Å²) in [6.07, 6.45) is 3.16. The molecule has 3 amide bonds. The number of urea groups is 1. The fourth-order valence-corrected chi connectivity index (χ4v) is 2.93. The van der Waals surface area contributed by atoms with E-state index >= 15 is 0 Å². The second-order valence-corrected chi connectivity index (χ2v) is 5.87. The predicted molar refractivity (Wildman–Crippen MR) is 99.5 cm³/mol. The molecule has 8 nitrogen and oxygen atoms in total. The van der Waals surface area contributed by atoms with E-state index in [1.54, 1.807) is 56.8 Å². The first-order chi connectivity index (χ1) is 13.0. The number of hydrogen-bond donors (Lipinski definition) is 3. The molecule has 1 aromatic heterocycles. The van der Waals surface area contributed by atoms with E-state index < -0.39 is 12.1 Å². The summed E-state index contributed by atoms with van der Waals surface area (Å²) in [4.78, 5) is 29.0. The molecule has 1 aliphatic rings. The Balaban J connectivity index is 2.03. The molecule has 2 aromatic rings. The van der Waals surface area contributed by atoms with Gasteiger partial charge < -0.3 is 25.4 Å². The van der Waals surface area contributed by atoms with Gasteiger partial charge in [-0.05, 0) is 37.3 Å². The summed E-state index contributed by atoms with van der Waals surface area (Å²) in [5.41, 5.74) is 1.98. The lowest BCUT2D eigenvalue weighted by molar-refractivity contribution is -0.113. The minimum Gasteiger partial charge on any atom is -0.497 e. The minimum absolute atomic E-state index is 0.358. The third-order valence-electron chi connectivity index (χ3n) is 4.18. The Bertz CT molecular complexity index is 896. The van der Waals surface area contributed by atoms with Crippen molar-refractivity contribution in [3.8, 4) is 11.5 Å². The van der Waals surface area contributed by atoms with Crippen LogP contribution in [0.2, 0.25) is 0 Å². The Morgan fingerprint density at radius 3 is 2.70 bits per heavy atom. The molecule has 1 aromatic carbocycles. The number of carbonyl (C=O) groups is 2. The molecule has 2 heterocycles. The number of rotatable bonds is 5. The van der Waals surface area contributed by atoms with Crippen LogP contribution in [0.3, 0.4) is 0 Å². The quantitative estimate of drug-likeness (QED) is 0.752. The first-order valence-electron chi connectivity index (χ1n) is 8.25. The average Bonchev–Trinajstić information content (AvgIpc) is 2.67. The van der Waals surface area contributed by atoms with Crippen LogP contribution in [0.4, 0.5) is 10.5 Å². The predicted octanol–water partition coefficient (Wildman–Crippen LogP) is 2.37. The molecule has 1 aliphatic heterocycles. The van der Waals surface area contributed by atoms with E-state index in [1.807, 2.05) is 0 Å². The number of nitrogens with one attached hydrogen (secondary N) is 3. The number of anilines is 1. The lowest BCUT2D eigenvalue weighted by Crippen LogP contribution is -2.46. The van der Waals surface area contributed by atoms with Gasteiger partial charge in [0.15, 0.2) is 0 Å². The van der Waals surface area contributed by atoms with Gasteiger partial charge in [0.25, 0.3) is 5.91 Å². The molecule has 0 saturated heterocycles. The third-order valence-corrected chi connectivity index (χ3v) is 4.18. The molecular formula is C19H20N4O4. The van der Waals surface area contributed by atoms with E-state index in [-0.39, 0.29) is 5.91 Å². The molecule has 8 heteroatoms. The molecule has 3 rings (SSSR count). The molecule has 3 N–H and O–H groups in total. The van der Waals surface area contributed by atoms with Gasteiger partial charge in [-0.2, -0.15) is 0 Å². The Hall–Kier alpha value is -3.55. The standard InChI is InChI=1S/C19H20N4O4/c1-11-16(18(24)22-12-5-4-8-20-10-12)17(23-19(25)21-11)14-9-13(26-2)6-7-15(14)27-3/h4-10,17H,1-3H3,(H,22,24)(H2,21,23,25). The van der Waals surface area contributed by atoms with E-state index in [1.165, 1.54) is 7.11 Å². The summed E-state index contributed by atoms with van der Waals surface area (Å²) in [6.45, 7) is 1.68. The zero-order valence-electron chi connectivity index (χ0n) is 15.2. The Labute approximate surface area is 156 Å². The van der Waals surface area contributed by atoms with Gasteiger partial charge in [-0.15, -0.1) is 0 Å². The lowest BCUT2D eigenvalue weighted by Gasteiger charge is -2.29. The van der Waals surface area contributed by atoms with E-state index in [2.05, 4.69) is 20.9 Å². The van der Waals surface area contributed by atoms with Crippen molar-refractivity contribution in [2.75, 3.05) is 19.5 Å². The van der Waals surface area contributed by atoms with Gasteiger partial charge in [-0.1, -0.05) is 0 Å². The van der Waals surface area contributed by atoms with E-state index in [0.29, 0.717) is 34.0 Å². The number of allylic oxidation sites excluding steroid dienone is 1. The van der Waals surface area contributed by atoms with Crippen LogP contribution in [0.1, 0.15) is 18.5 Å². The second-order valence-electron chi connectivity index (χ2n) is 5.87. The fraction of sp³-hybridized carbons (Fsp3) is 0.211. The van der Waals surface area contributed by atoms with Crippen molar-refractivity contribution in [1.29, 1.82) is 0 Å². The molecule has 0 saturated carbocycles. The van der Waals surface area contributed by atoms with Gasteiger partial charge >= 0.3 is 6.03 Å². The van der Waals surface area contributed by atoms with Crippen molar-refractivity contribution >= 4 is 17.6 Å². The van der Waals surface area contributed by atoms with Crippen LogP contribution in [-0.2, 0) is 4.79 Å². The number of ether oxygens (including phenoxy) is 2. The van der Waals surface area contributed by atoms with E-state index in [0.717, 1.165) is 0 Å². The van der Waals surface area contributed by atoms with Crippen molar-refractivity contribution in [3.63, 3.8) is 0 Å². The van der Waals surface area contributed by atoms with Crippen LogP contribution < -0.4 is 25.4 Å². The monoisotopic (exact) mass is 368 g/mol. The molecular weight excluding hydrogens is 348 g/mol. The van der Waals surface area contributed by atoms with Crippen LogP contribution in [0.25, 0.3) is 0 Å². The van der Waals surface area contributed by atoms with Crippen molar-refractivity contribution in [3.05, 3.63) is 59.6 Å². The Morgan fingerprint density at radius 1 is 1.22 bits per heavy atom. The number of benzene rings is 1. The second kappa shape index (κ2) is 7.77. The van der Waals surface area contributed by atoms with Crippen molar-refractivity contribution in [2.24, 2.45) is 0 Å². The average molecular weight is 368 g/mol. The number of carbonyl (C=O) groups excluding carboxylic acids is 2. The van der Waals surface area contributed by atoms with Crippen LogP contribution in [0.5, 0.6) is 11.5 Å². The highest BCUT2D eigenvalue weighted by Crippen LogP contribution is 2.35. The van der Waals surface area contributed by atoms with Gasteiger partial charge in [-0.25, -0.2) is 4.79 Å². The number of nitrogens with zero attached hydrogens (tertiary/aromatic N) is 1. The largest absolute Gasteiger partial charge is 0.497 e. The topological polar surface area (TPSA) is 102 Å². The Kier molecular flexibility index (Phi) is 5.25. The van der Waals surface area contributed by atoms with Gasteiger partial charge in [0.05, 0.1) is 37.7 Å². The summed E-state index contributed by atoms with van der Waals surface area (Å²) in [5, 5.41) is 8.23. The first kappa shape index (κ1) is 18.2. The van der Waals surface area contributed by atoms with Crippen LogP contribution >= 0.6 is 0 Å². The molecule has 1 atom stereocenters. The highest BCUT2D eigenvalue weighted by atomic mass is 16.5. The highest BCUT2D eigenvalue weighted by Gasteiger charge is 2.33. The molecule has 1 unspecified atom stereocenters. The number of pyridine rings is 1. The molecule has 0 aliphatic carbocycles. The smallest absolute Gasteiger partial charge is 0.319 e. The van der Waals surface area contributed by atoms with Gasteiger partial charge in [0, 0.05) is 17.5 Å². The van der Waals surface area contributed by atoms with E-state index in [9.17, 15) is 9.59 Å². The van der Waals surface area contributed by atoms with E-state index in [4.69, 9.17) is 9.47 Å². The number of hydrogen-bond acceptors (Lipinski definition) is 5. The fourth-order valence-electron chi connectivity index (χ4n) is 2.93. The zero-order valence-corrected chi connectivity index (χ0v) is 15.2. The van der Waals surface area contributed by atoms with Gasteiger partial charge in [0.1, 0.15) is 11.5 Å². The molecule has 0 spiro atoms. The lowest BCUT2D eigenvalue weighted by atomic mass is 9.93. The maximum Gasteiger partial charge on any atom is 0.319 e. The van der Waals surface area contributed by atoms with Crippen molar-refractivity contribution in [2.45, 2.75) is 13.0 Å². The van der Waals surface area contributed by atoms with Crippen molar-refractivity contribution in [1.82, 2.24) is 15.6 Å². The number of amides is 3. The summed E-state index contributed by atoms with van der Waals surface area (Å²) < 4.78 is 10.7. The normalized spacial score (nSPS) is 16.3. The van der Waals surface area contributed by atoms with Crippen LogP contribution in [-0.4, -0.2) is 31.1 Å². The molecule has 27 heavy (non-hydrogen) atoms. The molecule has 0 fully saturated rings. The number of aromatic nitrogens is 1. The maximum absolute atomic E-state index is 13.0. The van der Waals surface area contributed by atoms with Crippen LogP contribution in [0, 0.1) is 0 Å². The third kappa shape index (κ3) is 3.84. The molecule has 0 radical (unpaired) electrons. The summed E-state index contributed by atoms with van der Waals surface area (Å²) in [7, 11) is 3.07. The molecule has 0 bridgehead atoms. The SMILES string of the molecule is COc1ccc(OC)c(C2NC(=O)NC(C)=C2C(=O)Nc2cccnc2)c1.